The molecule has 1 amide bonds. The van der Waals surface area contributed by atoms with E-state index < -0.39 is 43.7 Å². The van der Waals surface area contributed by atoms with Gasteiger partial charge < -0.3 is 19.5 Å². The fraction of sp³-hybridized carbons (Fsp3) is 0.625. The van der Waals surface area contributed by atoms with Gasteiger partial charge in [-0.05, 0) is 37.7 Å². The van der Waals surface area contributed by atoms with Crippen molar-refractivity contribution in [2.75, 3.05) is 18.9 Å². The number of unbranched alkanes of at least 4 members (excludes halogenated alkanes) is 1. The van der Waals surface area contributed by atoms with Gasteiger partial charge in [0.25, 0.3) is 0 Å². The molecule has 0 radical (unpaired) electrons. The second kappa shape index (κ2) is 15.0. The number of aliphatic carboxylic acids is 1. The number of amides is 1. The number of carboxylic acids is 1. The van der Waals surface area contributed by atoms with Crippen molar-refractivity contribution in [3.05, 3.63) is 35.9 Å². The molecule has 1 heterocycles. The zero-order valence-corrected chi connectivity index (χ0v) is 23.6. The van der Waals surface area contributed by atoms with Crippen LogP contribution in [0.1, 0.15) is 58.4 Å². The molecule has 2 unspecified atom stereocenters. The van der Waals surface area contributed by atoms with Crippen LogP contribution in [0.2, 0.25) is 0 Å². The van der Waals surface area contributed by atoms with E-state index in [0.29, 0.717) is 19.3 Å². The van der Waals surface area contributed by atoms with E-state index in [9.17, 15) is 24.1 Å². The number of benzene rings is 1. The normalized spacial score (nSPS) is 18.1. The minimum atomic E-state index is -3.56. The number of rotatable bonds is 13. The van der Waals surface area contributed by atoms with Gasteiger partial charge in [-0.25, -0.2) is 0 Å². The van der Waals surface area contributed by atoms with Gasteiger partial charge in [0.1, 0.15) is 6.16 Å². The Bertz CT molecular complexity index is 849. The smallest absolute Gasteiger partial charge is 0.548 e. The number of likely N-dealkylation sites (tertiary alicyclic amines) is 1. The molecule has 2 rings (SSSR count). The Morgan fingerprint density at radius 1 is 1.18 bits per heavy atom. The van der Waals surface area contributed by atoms with Gasteiger partial charge in [0.15, 0.2) is 0 Å². The number of carbonyl (C=O) groups excluding carboxylic acids is 3. The first-order chi connectivity index (χ1) is 15.6. The Morgan fingerprint density at radius 2 is 1.85 bits per heavy atom. The molecule has 34 heavy (non-hydrogen) atoms. The Labute approximate surface area is 224 Å². The summed E-state index contributed by atoms with van der Waals surface area (Å²) < 4.78 is 25.0. The second-order valence-electron chi connectivity index (χ2n) is 8.76. The first-order valence-corrected chi connectivity index (χ1v) is 13.6. The molecule has 1 aliphatic heterocycles. The molecular formula is C24H35NNaO7P. The number of carboxylic acid groups (broad SMARTS) is 1. The maximum absolute atomic E-state index is 13.8. The third-order valence-corrected chi connectivity index (χ3v) is 8.00. The second-order valence-corrected chi connectivity index (χ2v) is 11.4. The standard InChI is InChI=1S/C24H36NO7P.Na/c1-4-22(27)31-24(18(2)3)32-33(30,16-9-8-13-19-11-6-5-7-12-19)17-21(26)25-15-10-14-20(25)23(28)29;/h5-7,11-12,18,20,24H,4,8-10,13-17H2,1-3H3,(H,28,29);/q;+1/p-1/t20-,24?,33?;/m0./s1. The summed E-state index contributed by atoms with van der Waals surface area (Å²) in [5, 5.41) is 11.4. The molecule has 184 valence electrons. The van der Waals surface area contributed by atoms with Crippen molar-refractivity contribution in [2.45, 2.75) is 71.6 Å². The minimum Gasteiger partial charge on any atom is -0.548 e. The van der Waals surface area contributed by atoms with Crippen molar-refractivity contribution in [3.8, 4) is 0 Å². The number of esters is 1. The summed E-state index contributed by atoms with van der Waals surface area (Å²) >= 11 is 0. The van der Waals surface area contributed by atoms with Crippen LogP contribution < -0.4 is 34.7 Å². The number of nitrogens with zero attached hydrogens (tertiary/aromatic N) is 1. The molecule has 0 N–H and O–H groups in total. The van der Waals surface area contributed by atoms with Crippen LogP contribution in [0, 0.1) is 5.92 Å². The van der Waals surface area contributed by atoms with Gasteiger partial charge in [-0.15, -0.1) is 0 Å². The van der Waals surface area contributed by atoms with E-state index in [1.165, 1.54) is 4.90 Å². The molecular weight excluding hydrogens is 468 g/mol. The molecule has 0 bridgehead atoms. The molecule has 1 aliphatic rings. The zero-order chi connectivity index (χ0) is 24.4. The van der Waals surface area contributed by atoms with E-state index in [2.05, 4.69) is 0 Å². The van der Waals surface area contributed by atoms with Gasteiger partial charge in [-0.3, -0.25) is 18.7 Å². The summed E-state index contributed by atoms with van der Waals surface area (Å²) in [6, 6.07) is 8.89. The van der Waals surface area contributed by atoms with Gasteiger partial charge in [0.05, 0.1) is 12.0 Å². The number of hydrogen-bond acceptors (Lipinski definition) is 7. The first kappa shape index (κ1) is 30.9. The maximum atomic E-state index is 13.8. The molecule has 1 fully saturated rings. The average molecular weight is 504 g/mol. The van der Waals surface area contributed by atoms with Crippen molar-refractivity contribution in [2.24, 2.45) is 5.92 Å². The van der Waals surface area contributed by atoms with Gasteiger partial charge in [0.2, 0.25) is 19.6 Å². The SMILES string of the molecule is CCC(=O)OC(OP(=O)(CCCCc1ccccc1)CC(=O)N1CCC[C@H]1C(=O)[O-])C(C)C.[Na+]. The number of ether oxygens (including phenoxy) is 1. The van der Waals surface area contributed by atoms with Crippen LogP contribution in [-0.2, 0) is 34.6 Å². The van der Waals surface area contributed by atoms with Crippen molar-refractivity contribution < 1.29 is 62.9 Å². The molecule has 0 aliphatic carbocycles. The number of hydrogen-bond donors (Lipinski definition) is 0. The average Bonchev–Trinajstić information content (AvgIpc) is 3.27. The molecule has 3 atom stereocenters. The van der Waals surface area contributed by atoms with Crippen LogP contribution in [0.3, 0.4) is 0 Å². The van der Waals surface area contributed by atoms with Crippen LogP contribution in [-0.4, -0.2) is 53.9 Å². The molecule has 8 nitrogen and oxygen atoms in total. The molecule has 0 saturated carbocycles. The van der Waals surface area contributed by atoms with Crippen molar-refractivity contribution >= 4 is 25.2 Å². The Morgan fingerprint density at radius 3 is 2.44 bits per heavy atom. The van der Waals surface area contributed by atoms with E-state index >= 15 is 0 Å². The van der Waals surface area contributed by atoms with E-state index in [0.717, 1.165) is 18.4 Å². The van der Waals surface area contributed by atoms with Crippen LogP contribution in [0.4, 0.5) is 0 Å². The molecule has 10 heteroatoms. The molecule has 1 aromatic rings. The summed E-state index contributed by atoms with van der Waals surface area (Å²) in [4.78, 5) is 37.4. The van der Waals surface area contributed by atoms with Gasteiger partial charge in [0, 0.05) is 25.0 Å². The maximum Gasteiger partial charge on any atom is 1.00 e. The third-order valence-electron chi connectivity index (χ3n) is 5.66. The van der Waals surface area contributed by atoms with Gasteiger partial charge in [-0.2, -0.15) is 0 Å². The topological polar surface area (TPSA) is 113 Å². The van der Waals surface area contributed by atoms with Crippen molar-refractivity contribution in [3.63, 3.8) is 0 Å². The Hall–Kier alpha value is -1.18. The molecule has 0 aromatic heterocycles. The number of aryl methyl sites for hydroxylation is 1. The quantitative estimate of drug-likeness (QED) is 0.122. The largest absolute Gasteiger partial charge is 1.00 e. The number of carbonyl (C=O) groups is 3. The molecule has 0 spiro atoms. The summed E-state index contributed by atoms with van der Waals surface area (Å²) in [7, 11) is -3.56. The predicted molar refractivity (Wildman–Crippen MR) is 123 cm³/mol. The fourth-order valence-electron chi connectivity index (χ4n) is 3.78. The monoisotopic (exact) mass is 503 g/mol. The summed E-state index contributed by atoms with van der Waals surface area (Å²) in [5.41, 5.74) is 1.16. The minimum absolute atomic E-state index is 0. The molecule has 1 saturated heterocycles. The third kappa shape index (κ3) is 9.82. The van der Waals surface area contributed by atoms with E-state index in [1.54, 1.807) is 20.8 Å². The Balaban J connectivity index is 0.00000578. The fourth-order valence-corrected chi connectivity index (χ4v) is 6.09. The van der Waals surface area contributed by atoms with Crippen LogP contribution in [0.15, 0.2) is 30.3 Å². The van der Waals surface area contributed by atoms with E-state index in [1.807, 2.05) is 30.3 Å². The molecule has 1 aromatic carbocycles. The van der Waals surface area contributed by atoms with Crippen molar-refractivity contribution in [1.29, 1.82) is 0 Å². The van der Waals surface area contributed by atoms with Crippen LogP contribution >= 0.6 is 7.37 Å². The van der Waals surface area contributed by atoms with Crippen LogP contribution in [0.25, 0.3) is 0 Å². The van der Waals surface area contributed by atoms with Crippen molar-refractivity contribution in [1.82, 2.24) is 4.90 Å². The van der Waals surface area contributed by atoms with Gasteiger partial charge in [-0.1, -0.05) is 51.1 Å². The predicted octanol–water partition coefficient (Wildman–Crippen LogP) is -0.0158. The van der Waals surface area contributed by atoms with Gasteiger partial charge >= 0.3 is 35.5 Å². The van der Waals surface area contributed by atoms with E-state index in [-0.39, 0.29) is 54.6 Å². The first-order valence-electron chi connectivity index (χ1n) is 11.7. The zero-order valence-electron chi connectivity index (χ0n) is 20.7. The summed E-state index contributed by atoms with van der Waals surface area (Å²) in [6.45, 7) is 5.49. The Kier molecular flexibility index (Phi) is 13.7. The van der Waals surface area contributed by atoms with E-state index in [4.69, 9.17) is 9.26 Å². The van der Waals surface area contributed by atoms with Crippen LogP contribution in [0.5, 0.6) is 0 Å². The summed E-state index contributed by atoms with van der Waals surface area (Å²) in [5.74, 6) is -2.59. The summed E-state index contributed by atoms with van der Waals surface area (Å²) in [6.07, 6.45) is 1.79.